The third kappa shape index (κ3) is 5.12. The van der Waals surface area contributed by atoms with E-state index in [0.29, 0.717) is 17.1 Å². The van der Waals surface area contributed by atoms with Gasteiger partial charge >= 0.3 is 6.09 Å². The number of benzene rings is 1. The van der Waals surface area contributed by atoms with Gasteiger partial charge in [0.25, 0.3) is 5.91 Å². The van der Waals surface area contributed by atoms with Crippen LogP contribution in [0.25, 0.3) is 0 Å². The van der Waals surface area contributed by atoms with Crippen molar-refractivity contribution in [3.8, 4) is 0 Å². The van der Waals surface area contributed by atoms with Crippen LogP contribution < -0.4 is 10.6 Å². The number of hydrogen-bond acceptors (Lipinski definition) is 4. The summed E-state index contributed by atoms with van der Waals surface area (Å²) in [5.41, 5.74) is 0.481. The average molecular weight is 330 g/mol. The highest BCUT2D eigenvalue weighted by Crippen LogP contribution is 2.14. The molecule has 1 aromatic heterocycles. The third-order valence-corrected chi connectivity index (χ3v) is 3.07. The second-order valence-corrected chi connectivity index (χ2v) is 6.37. The van der Waals surface area contributed by atoms with E-state index in [-0.39, 0.29) is 11.9 Å². The van der Waals surface area contributed by atoms with Crippen LogP contribution in [-0.4, -0.2) is 27.6 Å². The fraction of sp³-hybridized carbons (Fsp3) is 0.353. The van der Waals surface area contributed by atoms with Crippen LogP contribution in [0.15, 0.2) is 36.7 Å². The molecule has 0 spiro atoms. The summed E-state index contributed by atoms with van der Waals surface area (Å²) in [6, 6.07) is 6.34. The van der Waals surface area contributed by atoms with Crippen molar-refractivity contribution < 1.29 is 14.3 Å². The minimum Gasteiger partial charge on any atom is -0.444 e. The van der Waals surface area contributed by atoms with Gasteiger partial charge in [0.15, 0.2) is 0 Å². The molecule has 7 nitrogen and oxygen atoms in total. The number of aromatic nitrogens is 2. The summed E-state index contributed by atoms with van der Waals surface area (Å²) in [6.45, 7) is 7.22. The van der Waals surface area contributed by atoms with Crippen molar-refractivity contribution in [3.63, 3.8) is 0 Å². The predicted octanol–water partition coefficient (Wildman–Crippen LogP) is 3.25. The molecule has 0 saturated carbocycles. The summed E-state index contributed by atoms with van der Waals surface area (Å²) >= 11 is 0. The molecule has 1 heterocycles. The van der Waals surface area contributed by atoms with Crippen molar-refractivity contribution >= 4 is 17.7 Å². The Hall–Kier alpha value is -2.83. The molecule has 0 fully saturated rings. The van der Waals surface area contributed by atoms with Gasteiger partial charge in [0.05, 0.1) is 6.04 Å². The van der Waals surface area contributed by atoms with E-state index in [1.807, 2.05) is 6.92 Å². The molecule has 7 heteroatoms. The summed E-state index contributed by atoms with van der Waals surface area (Å²) in [5, 5.41) is 5.47. The number of nitrogens with zero attached hydrogens (tertiary/aromatic N) is 1. The van der Waals surface area contributed by atoms with Gasteiger partial charge in [0.2, 0.25) is 0 Å². The van der Waals surface area contributed by atoms with Crippen LogP contribution >= 0.6 is 0 Å². The Bertz CT molecular complexity index is 688. The zero-order chi connectivity index (χ0) is 17.7. The fourth-order valence-electron chi connectivity index (χ4n) is 1.99. The molecule has 24 heavy (non-hydrogen) atoms. The first-order valence-corrected chi connectivity index (χ1v) is 7.65. The number of imidazole rings is 1. The van der Waals surface area contributed by atoms with E-state index >= 15 is 0 Å². The average Bonchev–Trinajstić information content (AvgIpc) is 3.00. The van der Waals surface area contributed by atoms with Crippen molar-refractivity contribution in [1.29, 1.82) is 0 Å². The Morgan fingerprint density at radius 3 is 2.42 bits per heavy atom. The SMILES string of the molecule is C[C@@H](NC(=O)c1ccc(NC(=O)OC(C)(C)C)cc1)c1ncc[nH]1. The largest absolute Gasteiger partial charge is 0.444 e. The fourth-order valence-corrected chi connectivity index (χ4v) is 1.99. The van der Waals surface area contributed by atoms with Crippen LogP contribution in [0.4, 0.5) is 10.5 Å². The molecule has 0 saturated heterocycles. The second-order valence-electron chi connectivity index (χ2n) is 6.37. The van der Waals surface area contributed by atoms with Crippen LogP contribution in [0.3, 0.4) is 0 Å². The smallest absolute Gasteiger partial charge is 0.412 e. The molecule has 0 aliphatic rings. The Morgan fingerprint density at radius 2 is 1.88 bits per heavy atom. The Labute approximate surface area is 140 Å². The van der Waals surface area contributed by atoms with E-state index in [2.05, 4.69) is 20.6 Å². The zero-order valence-corrected chi connectivity index (χ0v) is 14.2. The van der Waals surface area contributed by atoms with E-state index in [0.717, 1.165) is 0 Å². The third-order valence-electron chi connectivity index (χ3n) is 3.07. The highest BCUT2D eigenvalue weighted by atomic mass is 16.6. The first kappa shape index (κ1) is 17.5. The van der Waals surface area contributed by atoms with Gasteiger partial charge in [-0.3, -0.25) is 10.1 Å². The van der Waals surface area contributed by atoms with Crippen LogP contribution in [0.5, 0.6) is 0 Å². The molecule has 128 valence electrons. The van der Waals surface area contributed by atoms with Crippen LogP contribution in [0.1, 0.15) is 49.9 Å². The molecule has 0 aliphatic heterocycles. The minimum absolute atomic E-state index is 0.220. The molecule has 2 amide bonds. The quantitative estimate of drug-likeness (QED) is 0.802. The first-order valence-electron chi connectivity index (χ1n) is 7.65. The zero-order valence-electron chi connectivity index (χ0n) is 14.2. The van der Waals surface area contributed by atoms with Gasteiger partial charge in [-0.2, -0.15) is 0 Å². The molecule has 1 atom stereocenters. The van der Waals surface area contributed by atoms with E-state index in [4.69, 9.17) is 4.74 Å². The van der Waals surface area contributed by atoms with Crippen molar-refractivity contribution in [2.24, 2.45) is 0 Å². The minimum atomic E-state index is -0.564. The van der Waals surface area contributed by atoms with Gasteiger partial charge in [-0.05, 0) is 52.0 Å². The summed E-state index contributed by atoms with van der Waals surface area (Å²) in [4.78, 5) is 31.0. The number of carbonyl (C=O) groups is 2. The number of nitrogens with one attached hydrogen (secondary N) is 3. The lowest BCUT2D eigenvalue weighted by molar-refractivity contribution is 0.0635. The van der Waals surface area contributed by atoms with Gasteiger partial charge in [-0.1, -0.05) is 0 Å². The number of rotatable bonds is 4. The van der Waals surface area contributed by atoms with Crippen LogP contribution in [0.2, 0.25) is 0 Å². The summed E-state index contributed by atoms with van der Waals surface area (Å²) in [5.74, 6) is 0.467. The van der Waals surface area contributed by atoms with E-state index < -0.39 is 11.7 Å². The molecule has 2 aromatic rings. The molecule has 0 unspecified atom stereocenters. The normalized spacial score (nSPS) is 12.3. The van der Waals surface area contributed by atoms with Crippen molar-refractivity contribution in [1.82, 2.24) is 15.3 Å². The number of ether oxygens (including phenoxy) is 1. The van der Waals surface area contributed by atoms with Crippen molar-refractivity contribution in [2.45, 2.75) is 39.3 Å². The molecule has 0 radical (unpaired) electrons. The van der Waals surface area contributed by atoms with Gasteiger partial charge in [-0.25, -0.2) is 9.78 Å². The van der Waals surface area contributed by atoms with Gasteiger partial charge in [0.1, 0.15) is 11.4 Å². The van der Waals surface area contributed by atoms with Gasteiger partial charge in [-0.15, -0.1) is 0 Å². The van der Waals surface area contributed by atoms with Crippen molar-refractivity contribution in [2.75, 3.05) is 5.32 Å². The number of carbonyl (C=O) groups excluding carboxylic acids is 2. The number of hydrogen-bond donors (Lipinski definition) is 3. The maximum Gasteiger partial charge on any atom is 0.412 e. The lowest BCUT2D eigenvalue weighted by Crippen LogP contribution is -2.28. The van der Waals surface area contributed by atoms with Gasteiger partial charge < -0.3 is 15.0 Å². The molecule has 0 bridgehead atoms. The number of aromatic amines is 1. The topological polar surface area (TPSA) is 96.1 Å². The standard InChI is InChI=1S/C17H22N4O3/c1-11(14-18-9-10-19-14)20-15(22)12-5-7-13(8-6-12)21-16(23)24-17(2,3)4/h5-11H,1-4H3,(H,18,19)(H,20,22)(H,21,23)/t11-/m1/s1. The maximum atomic E-state index is 12.2. The van der Waals surface area contributed by atoms with E-state index in [9.17, 15) is 9.59 Å². The van der Waals surface area contributed by atoms with Crippen LogP contribution in [-0.2, 0) is 4.74 Å². The lowest BCUT2D eigenvalue weighted by Gasteiger charge is -2.19. The maximum absolute atomic E-state index is 12.2. The number of anilines is 1. The van der Waals surface area contributed by atoms with E-state index in [1.165, 1.54) is 0 Å². The summed E-state index contributed by atoms with van der Waals surface area (Å²) in [7, 11) is 0. The highest BCUT2D eigenvalue weighted by molar-refractivity contribution is 5.95. The number of amides is 2. The molecule has 2 rings (SSSR count). The summed E-state index contributed by atoms with van der Waals surface area (Å²) < 4.78 is 5.17. The molecular weight excluding hydrogens is 308 g/mol. The Morgan fingerprint density at radius 1 is 1.21 bits per heavy atom. The summed E-state index contributed by atoms with van der Waals surface area (Å²) in [6.07, 6.45) is 2.80. The first-order chi connectivity index (χ1) is 11.2. The molecular formula is C17H22N4O3. The van der Waals surface area contributed by atoms with E-state index in [1.54, 1.807) is 57.4 Å². The van der Waals surface area contributed by atoms with Crippen molar-refractivity contribution in [3.05, 3.63) is 48.0 Å². The van der Waals surface area contributed by atoms with Crippen LogP contribution in [0, 0.1) is 0 Å². The molecule has 3 N–H and O–H groups in total. The number of H-pyrrole nitrogens is 1. The molecule has 1 aromatic carbocycles. The Kier molecular flexibility index (Phi) is 5.23. The predicted molar refractivity (Wildman–Crippen MR) is 90.8 cm³/mol. The highest BCUT2D eigenvalue weighted by Gasteiger charge is 2.17. The Balaban J connectivity index is 1.93. The monoisotopic (exact) mass is 330 g/mol. The van der Waals surface area contributed by atoms with Gasteiger partial charge in [0, 0.05) is 23.6 Å². The molecule has 0 aliphatic carbocycles. The lowest BCUT2D eigenvalue weighted by atomic mass is 10.2. The second kappa shape index (κ2) is 7.16.